The summed E-state index contributed by atoms with van der Waals surface area (Å²) in [6.45, 7) is 0. The van der Waals surface area contributed by atoms with Gasteiger partial charge in [0.05, 0.1) is 0 Å². The van der Waals surface area contributed by atoms with Gasteiger partial charge in [0.15, 0.2) is 0 Å². The summed E-state index contributed by atoms with van der Waals surface area (Å²) in [5, 5.41) is 10.9. The summed E-state index contributed by atoms with van der Waals surface area (Å²) in [5.41, 5.74) is 15.5. The predicted octanol–water partition coefficient (Wildman–Crippen LogP) is 12.9. The second-order valence-corrected chi connectivity index (χ2v) is 13.2. The van der Waals surface area contributed by atoms with Crippen LogP contribution >= 0.6 is 0 Å². The summed E-state index contributed by atoms with van der Waals surface area (Å²) in [4.78, 5) is 0. The molecule has 0 saturated heterocycles. The molecular weight excluding hydrogens is 577 g/mol. The maximum Gasteiger partial charge on any atom is -0.00141 e. The van der Waals surface area contributed by atoms with Crippen molar-refractivity contribution in [1.29, 1.82) is 0 Å². The lowest BCUT2D eigenvalue weighted by atomic mass is 9.85. The van der Waals surface area contributed by atoms with E-state index in [1.165, 1.54) is 110 Å². The molecule has 11 rings (SSSR count). The number of rotatable bonds is 4. The van der Waals surface area contributed by atoms with E-state index < -0.39 is 0 Å². The van der Waals surface area contributed by atoms with Crippen molar-refractivity contribution in [3.63, 3.8) is 0 Å². The number of fused-ring (bicyclic) bond motifs is 2. The lowest BCUT2D eigenvalue weighted by Crippen LogP contribution is -1.93. The van der Waals surface area contributed by atoms with Crippen LogP contribution in [0.3, 0.4) is 0 Å². The average molecular weight is 605 g/mol. The Labute approximate surface area is 278 Å². The molecule has 9 aromatic rings. The van der Waals surface area contributed by atoms with Gasteiger partial charge in [0.1, 0.15) is 0 Å². The maximum absolute atomic E-state index is 2.41. The molecule has 0 unspecified atom stereocenters. The zero-order chi connectivity index (χ0) is 31.3. The minimum Gasteiger partial charge on any atom is -0.0622 e. The molecule has 0 saturated carbocycles. The van der Waals surface area contributed by atoms with Crippen LogP contribution in [0.5, 0.6) is 0 Å². The Morgan fingerprint density at radius 1 is 0.229 bits per heavy atom. The smallest absolute Gasteiger partial charge is 0.00141 e. The molecule has 0 aromatic heterocycles. The van der Waals surface area contributed by atoms with Gasteiger partial charge >= 0.3 is 0 Å². The van der Waals surface area contributed by atoms with E-state index in [1.807, 2.05) is 0 Å². The molecule has 0 heterocycles. The van der Waals surface area contributed by atoms with Crippen LogP contribution in [0, 0.1) is 0 Å². The summed E-state index contributed by atoms with van der Waals surface area (Å²) in [6, 6.07) is 58.2. The summed E-state index contributed by atoms with van der Waals surface area (Å²) >= 11 is 0. The van der Waals surface area contributed by atoms with Gasteiger partial charge in [-0.3, -0.25) is 0 Å². The van der Waals surface area contributed by atoms with Crippen molar-refractivity contribution < 1.29 is 0 Å². The molecule has 9 aromatic carbocycles. The van der Waals surface area contributed by atoms with Gasteiger partial charge < -0.3 is 0 Å². The fourth-order valence-corrected chi connectivity index (χ4v) is 8.72. The first-order valence-electron chi connectivity index (χ1n) is 16.8. The molecule has 220 valence electrons. The highest BCUT2D eigenvalue weighted by atomic mass is 14.3. The highest BCUT2D eigenvalue weighted by Crippen LogP contribution is 2.52. The molecule has 0 heteroatoms. The Morgan fingerprint density at radius 2 is 0.583 bits per heavy atom. The van der Waals surface area contributed by atoms with Crippen LogP contribution in [0.1, 0.15) is 33.4 Å². The molecular formula is C48H28. The van der Waals surface area contributed by atoms with Crippen molar-refractivity contribution in [1.82, 2.24) is 0 Å². The first-order valence-corrected chi connectivity index (χ1v) is 16.8. The normalized spacial score (nSPS) is 13.2. The average Bonchev–Trinajstić information content (AvgIpc) is 3.74. The van der Waals surface area contributed by atoms with Crippen molar-refractivity contribution in [2.75, 3.05) is 0 Å². The largest absolute Gasteiger partial charge is 0.0622 e. The van der Waals surface area contributed by atoms with Crippen LogP contribution in [-0.4, -0.2) is 0 Å². The quantitative estimate of drug-likeness (QED) is 0.138. The van der Waals surface area contributed by atoms with Crippen molar-refractivity contribution in [2.45, 2.75) is 0 Å². The number of hydrogen-bond acceptors (Lipinski definition) is 0. The molecule has 0 N–H and O–H groups in total. The van der Waals surface area contributed by atoms with E-state index in [4.69, 9.17) is 0 Å². The third-order valence-corrected chi connectivity index (χ3v) is 10.8. The zero-order valence-electron chi connectivity index (χ0n) is 26.2. The van der Waals surface area contributed by atoms with Gasteiger partial charge in [-0.25, -0.2) is 0 Å². The van der Waals surface area contributed by atoms with Crippen LogP contribution in [0.25, 0.3) is 88.6 Å². The highest BCUT2D eigenvalue weighted by molar-refractivity contribution is 6.38. The summed E-state index contributed by atoms with van der Waals surface area (Å²) in [6.07, 6.45) is 4.82. The van der Waals surface area contributed by atoms with Crippen LogP contribution in [-0.2, 0) is 0 Å². The van der Waals surface area contributed by atoms with Crippen molar-refractivity contribution in [3.05, 3.63) is 191 Å². The second kappa shape index (κ2) is 9.64. The van der Waals surface area contributed by atoms with Crippen LogP contribution < -0.4 is 0 Å². The molecule has 0 spiro atoms. The van der Waals surface area contributed by atoms with Gasteiger partial charge in [-0.2, -0.15) is 0 Å². The van der Waals surface area contributed by atoms with Crippen molar-refractivity contribution in [3.8, 4) is 22.3 Å². The molecule has 2 aliphatic carbocycles. The number of hydrogen-bond donors (Lipinski definition) is 0. The fourth-order valence-electron chi connectivity index (χ4n) is 8.72. The van der Waals surface area contributed by atoms with E-state index in [2.05, 4.69) is 170 Å². The van der Waals surface area contributed by atoms with Gasteiger partial charge in [-0.1, -0.05) is 158 Å². The van der Waals surface area contributed by atoms with Crippen molar-refractivity contribution in [2.24, 2.45) is 0 Å². The zero-order valence-corrected chi connectivity index (χ0v) is 26.2. The van der Waals surface area contributed by atoms with E-state index in [-0.39, 0.29) is 0 Å². The Kier molecular flexibility index (Phi) is 5.20. The lowest BCUT2D eigenvalue weighted by molar-refractivity contribution is 1.56. The molecule has 0 amide bonds. The SMILES string of the molecule is C1=C(c2ccccc2-c2ccccc2)c2ccc3c4ccc5c6c(ccc(c7ccc1c2c73)c64)C(c1ccccc1-c1ccccc1)=C5. The predicted molar refractivity (Wildman–Crippen MR) is 205 cm³/mol. The summed E-state index contributed by atoms with van der Waals surface area (Å²) in [7, 11) is 0. The van der Waals surface area contributed by atoms with E-state index in [0.717, 1.165) is 0 Å². The molecule has 0 atom stereocenters. The first-order chi connectivity index (χ1) is 23.8. The summed E-state index contributed by atoms with van der Waals surface area (Å²) in [5.74, 6) is 0. The van der Waals surface area contributed by atoms with Gasteiger partial charge in [-0.05, 0) is 122 Å². The minimum atomic E-state index is 1.25. The van der Waals surface area contributed by atoms with Gasteiger partial charge in [-0.15, -0.1) is 0 Å². The number of benzene rings is 9. The molecule has 0 aliphatic heterocycles. The Bertz CT molecular complexity index is 2630. The van der Waals surface area contributed by atoms with Gasteiger partial charge in [0.25, 0.3) is 0 Å². The van der Waals surface area contributed by atoms with Gasteiger partial charge in [0, 0.05) is 0 Å². The molecule has 0 radical (unpaired) electrons. The highest BCUT2D eigenvalue weighted by Gasteiger charge is 2.27. The second-order valence-electron chi connectivity index (χ2n) is 13.2. The van der Waals surface area contributed by atoms with Crippen LogP contribution in [0.4, 0.5) is 0 Å². The lowest BCUT2D eigenvalue weighted by Gasteiger charge is -2.18. The summed E-state index contributed by atoms with van der Waals surface area (Å²) < 4.78 is 0. The van der Waals surface area contributed by atoms with E-state index in [9.17, 15) is 0 Å². The van der Waals surface area contributed by atoms with Crippen molar-refractivity contribution >= 4 is 66.4 Å². The minimum absolute atomic E-state index is 1.25. The third kappa shape index (κ3) is 3.44. The Balaban J connectivity index is 1.13. The van der Waals surface area contributed by atoms with E-state index >= 15 is 0 Å². The molecule has 2 aliphatic rings. The standard InChI is InChI=1S/C48H28/c1-3-11-29(12-4-1)33-15-7-9-17-35(33)43-27-31-19-21-37-40-24-26-42-44(36-18-10-8-16-34(36)30-13-5-2-6-14-30)28-32-20-22-38(48(40)46(32)42)39-23-25-41(43)45(31)47(37)39/h1-28H. The Hall–Kier alpha value is -6.24. The van der Waals surface area contributed by atoms with Crippen LogP contribution in [0.15, 0.2) is 158 Å². The fraction of sp³-hybridized carbons (Fsp3) is 0. The topological polar surface area (TPSA) is 0 Å². The first kappa shape index (κ1) is 25.9. The van der Waals surface area contributed by atoms with E-state index in [1.54, 1.807) is 0 Å². The molecule has 0 nitrogen and oxygen atoms in total. The Morgan fingerprint density at radius 3 is 1.00 bits per heavy atom. The molecule has 0 bridgehead atoms. The van der Waals surface area contributed by atoms with Crippen LogP contribution in [0.2, 0.25) is 0 Å². The van der Waals surface area contributed by atoms with Gasteiger partial charge in [0.2, 0.25) is 0 Å². The molecule has 0 fully saturated rings. The van der Waals surface area contributed by atoms with E-state index in [0.29, 0.717) is 0 Å². The molecule has 48 heavy (non-hydrogen) atoms. The monoisotopic (exact) mass is 604 g/mol. The maximum atomic E-state index is 2.41. The third-order valence-electron chi connectivity index (χ3n) is 10.8.